The Balaban J connectivity index is 2.40. The predicted molar refractivity (Wildman–Crippen MR) is 58.8 cm³/mol. The Morgan fingerprint density at radius 3 is 2.62 bits per heavy atom. The zero-order valence-corrected chi connectivity index (χ0v) is 9.71. The Kier molecular flexibility index (Phi) is 4.24. The molecule has 1 saturated heterocycles. The number of rotatable bonds is 3. The predicted octanol–water partition coefficient (Wildman–Crippen LogP) is 3.01. The lowest BCUT2D eigenvalue weighted by Gasteiger charge is -2.37. The third-order valence-corrected chi connectivity index (χ3v) is 3.42. The summed E-state index contributed by atoms with van der Waals surface area (Å²) in [5.41, 5.74) is 0. The van der Waals surface area contributed by atoms with E-state index in [4.69, 9.17) is 0 Å². The van der Waals surface area contributed by atoms with Crippen LogP contribution in [0.4, 0.5) is 0 Å². The monoisotopic (exact) mass is 183 g/mol. The zero-order chi connectivity index (χ0) is 9.84. The van der Waals surface area contributed by atoms with Crippen LogP contribution >= 0.6 is 0 Å². The summed E-state index contributed by atoms with van der Waals surface area (Å²) in [5, 5.41) is 0. The highest BCUT2D eigenvalue weighted by Gasteiger charge is 2.25. The number of nitrogens with zero attached hydrogens (tertiary/aromatic N) is 1. The molecule has 0 radical (unpaired) electrons. The molecule has 0 amide bonds. The van der Waals surface area contributed by atoms with Crippen LogP contribution in [0.15, 0.2) is 0 Å². The molecule has 13 heavy (non-hydrogen) atoms. The topological polar surface area (TPSA) is 3.24 Å². The molecule has 1 heteroatoms. The van der Waals surface area contributed by atoms with Crippen molar-refractivity contribution >= 4 is 0 Å². The minimum Gasteiger partial charge on any atom is -0.303 e. The maximum atomic E-state index is 2.60. The van der Waals surface area contributed by atoms with E-state index in [-0.39, 0.29) is 0 Å². The van der Waals surface area contributed by atoms with Crippen LogP contribution in [0.1, 0.15) is 40.5 Å². The second-order valence-electron chi connectivity index (χ2n) is 5.05. The summed E-state index contributed by atoms with van der Waals surface area (Å²) in [6.45, 7) is 13.3. The van der Waals surface area contributed by atoms with Crippen LogP contribution in [0.5, 0.6) is 0 Å². The van der Waals surface area contributed by atoms with E-state index in [1.807, 2.05) is 0 Å². The summed E-state index contributed by atoms with van der Waals surface area (Å²) in [7, 11) is 0. The highest BCUT2D eigenvalue weighted by Crippen LogP contribution is 2.28. The number of hydrogen-bond acceptors (Lipinski definition) is 1. The molecular formula is C12H25N. The first-order valence-electron chi connectivity index (χ1n) is 5.85. The molecule has 0 aromatic rings. The van der Waals surface area contributed by atoms with Crippen LogP contribution in [0, 0.1) is 17.8 Å². The molecule has 2 atom stereocenters. The standard InChI is InChI=1S/C12H25N/c1-5-13-7-6-11(4)12(9-13)8-10(2)3/h10-12H,5-9H2,1-4H3. The largest absolute Gasteiger partial charge is 0.303 e. The lowest BCUT2D eigenvalue weighted by Crippen LogP contribution is -2.39. The summed E-state index contributed by atoms with van der Waals surface area (Å²) in [4.78, 5) is 2.60. The van der Waals surface area contributed by atoms with Crippen LogP contribution in [0.3, 0.4) is 0 Å². The maximum absolute atomic E-state index is 2.60. The molecule has 0 aliphatic carbocycles. The Morgan fingerprint density at radius 2 is 2.08 bits per heavy atom. The van der Waals surface area contributed by atoms with E-state index in [0.29, 0.717) is 0 Å². The average molecular weight is 183 g/mol. The van der Waals surface area contributed by atoms with Gasteiger partial charge < -0.3 is 4.90 Å². The molecule has 0 N–H and O–H groups in total. The van der Waals surface area contributed by atoms with E-state index in [9.17, 15) is 0 Å². The molecule has 1 nitrogen and oxygen atoms in total. The minimum absolute atomic E-state index is 0.865. The Bertz CT molecular complexity index is 142. The number of likely N-dealkylation sites (tertiary alicyclic amines) is 1. The molecule has 78 valence electrons. The van der Waals surface area contributed by atoms with Crippen molar-refractivity contribution in [1.82, 2.24) is 4.90 Å². The first kappa shape index (κ1) is 11.0. The molecule has 1 aliphatic heterocycles. The summed E-state index contributed by atoms with van der Waals surface area (Å²) >= 11 is 0. The van der Waals surface area contributed by atoms with Crippen molar-refractivity contribution < 1.29 is 0 Å². The van der Waals surface area contributed by atoms with E-state index < -0.39 is 0 Å². The van der Waals surface area contributed by atoms with Crippen molar-refractivity contribution in [2.75, 3.05) is 19.6 Å². The van der Waals surface area contributed by atoms with Gasteiger partial charge in [-0.05, 0) is 43.7 Å². The fourth-order valence-electron chi connectivity index (χ4n) is 2.42. The molecule has 1 rings (SSSR count). The number of hydrogen-bond donors (Lipinski definition) is 0. The molecule has 0 aromatic carbocycles. The van der Waals surface area contributed by atoms with Crippen LogP contribution < -0.4 is 0 Å². The fraction of sp³-hybridized carbons (Fsp3) is 1.00. The highest BCUT2D eigenvalue weighted by molar-refractivity contribution is 4.78. The van der Waals surface area contributed by atoms with Crippen molar-refractivity contribution in [3.05, 3.63) is 0 Å². The summed E-state index contributed by atoms with van der Waals surface area (Å²) in [6, 6.07) is 0. The van der Waals surface area contributed by atoms with Crippen molar-refractivity contribution in [2.45, 2.75) is 40.5 Å². The lowest BCUT2D eigenvalue weighted by atomic mass is 9.82. The molecule has 0 bridgehead atoms. The first-order valence-corrected chi connectivity index (χ1v) is 5.85. The zero-order valence-electron chi connectivity index (χ0n) is 9.71. The van der Waals surface area contributed by atoms with Gasteiger partial charge in [0, 0.05) is 6.54 Å². The molecule has 0 spiro atoms. The van der Waals surface area contributed by atoms with E-state index in [1.165, 1.54) is 32.5 Å². The quantitative estimate of drug-likeness (QED) is 0.650. The molecule has 0 saturated carbocycles. The second kappa shape index (κ2) is 4.99. The molecule has 1 fully saturated rings. The minimum atomic E-state index is 0.865. The summed E-state index contributed by atoms with van der Waals surface area (Å²) in [5.74, 6) is 2.77. The van der Waals surface area contributed by atoms with Gasteiger partial charge in [-0.3, -0.25) is 0 Å². The Hall–Kier alpha value is -0.0400. The molecule has 0 aromatic heterocycles. The van der Waals surface area contributed by atoms with Gasteiger partial charge in [-0.1, -0.05) is 27.7 Å². The van der Waals surface area contributed by atoms with Crippen molar-refractivity contribution in [1.29, 1.82) is 0 Å². The van der Waals surface area contributed by atoms with Gasteiger partial charge in [0.1, 0.15) is 0 Å². The van der Waals surface area contributed by atoms with E-state index in [0.717, 1.165) is 17.8 Å². The van der Waals surface area contributed by atoms with Gasteiger partial charge >= 0.3 is 0 Å². The number of piperidine rings is 1. The van der Waals surface area contributed by atoms with Gasteiger partial charge in [-0.2, -0.15) is 0 Å². The molecular weight excluding hydrogens is 158 g/mol. The smallest absolute Gasteiger partial charge is 0.00122 e. The average Bonchev–Trinajstić information content (AvgIpc) is 2.08. The van der Waals surface area contributed by atoms with Gasteiger partial charge in [-0.15, -0.1) is 0 Å². The van der Waals surface area contributed by atoms with Crippen LogP contribution in [0.25, 0.3) is 0 Å². The van der Waals surface area contributed by atoms with Gasteiger partial charge in [0.05, 0.1) is 0 Å². The van der Waals surface area contributed by atoms with Crippen molar-refractivity contribution in [3.63, 3.8) is 0 Å². The van der Waals surface area contributed by atoms with E-state index in [1.54, 1.807) is 0 Å². The van der Waals surface area contributed by atoms with Gasteiger partial charge in [0.25, 0.3) is 0 Å². The van der Waals surface area contributed by atoms with Crippen molar-refractivity contribution in [2.24, 2.45) is 17.8 Å². The van der Waals surface area contributed by atoms with Crippen LogP contribution in [0.2, 0.25) is 0 Å². The van der Waals surface area contributed by atoms with E-state index in [2.05, 4.69) is 32.6 Å². The second-order valence-corrected chi connectivity index (χ2v) is 5.05. The normalized spacial score (nSPS) is 31.2. The third kappa shape index (κ3) is 3.30. The summed E-state index contributed by atoms with van der Waals surface area (Å²) in [6.07, 6.45) is 2.82. The van der Waals surface area contributed by atoms with Crippen LogP contribution in [-0.2, 0) is 0 Å². The first-order chi connectivity index (χ1) is 6.13. The Labute approximate surface area is 83.5 Å². The molecule has 1 heterocycles. The van der Waals surface area contributed by atoms with Gasteiger partial charge in [0.2, 0.25) is 0 Å². The third-order valence-electron chi connectivity index (χ3n) is 3.42. The highest BCUT2D eigenvalue weighted by atomic mass is 15.1. The molecule has 1 aliphatic rings. The van der Waals surface area contributed by atoms with Crippen molar-refractivity contribution in [3.8, 4) is 0 Å². The van der Waals surface area contributed by atoms with Gasteiger partial charge in [0.15, 0.2) is 0 Å². The van der Waals surface area contributed by atoms with Gasteiger partial charge in [-0.25, -0.2) is 0 Å². The Morgan fingerprint density at radius 1 is 1.38 bits per heavy atom. The lowest BCUT2D eigenvalue weighted by molar-refractivity contribution is 0.118. The molecule has 2 unspecified atom stereocenters. The maximum Gasteiger partial charge on any atom is 0.00122 e. The fourth-order valence-corrected chi connectivity index (χ4v) is 2.42. The SMILES string of the molecule is CCN1CCC(C)C(CC(C)C)C1. The summed E-state index contributed by atoms with van der Waals surface area (Å²) < 4.78 is 0. The van der Waals surface area contributed by atoms with Crippen LogP contribution in [-0.4, -0.2) is 24.5 Å². The van der Waals surface area contributed by atoms with E-state index >= 15 is 0 Å².